The number of carbonyl (C=O) groups is 3. The van der Waals surface area contributed by atoms with Crippen molar-refractivity contribution in [3.8, 4) is 0 Å². The van der Waals surface area contributed by atoms with Crippen LogP contribution in [-0.2, 0) is 20.9 Å². The molecule has 1 aromatic rings. The number of nitrogens with one attached hydrogen (secondary N) is 3. The minimum absolute atomic E-state index is 0.0439. The van der Waals surface area contributed by atoms with Crippen LogP contribution in [0, 0.1) is 11.8 Å². The average Bonchev–Trinajstić information content (AvgIpc) is 3.12. The van der Waals surface area contributed by atoms with Gasteiger partial charge >= 0.3 is 0 Å². The molecule has 0 bridgehead atoms. The summed E-state index contributed by atoms with van der Waals surface area (Å²) >= 11 is 5.09. The van der Waals surface area contributed by atoms with Crippen LogP contribution in [0.1, 0.15) is 56.9 Å². The quantitative estimate of drug-likeness (QED) is 0.476. The molecule has 1 aliphatic carbocycles. The van der Waals surface area contributed by atoms with E-state index < -0.39 is 5.92 Å². The number of thiocarbonyl (C=S) groups is 1. The molecule has 0 radical (unpaired) electrons. The monoisotopic (exact) mass is 430 g/mol. The highest BCUT2D eigenvalue weighted by Crippen LogP contribution is 2.27. The van der Waals surface area contributed by atoms with E-state index in [4.69, 9.17) is 12.2 Å². The largest absolute Gasteiger partial charge is 0.338 e. The SMILES string of the molecule is O=C(CCC1CCCCC1)NC(=S)NNC(=O)C1CC(=O)N(Cc2ccccc2)C1. The molecule has 30 heavy (non-hydrogen) atoms. The van der Waals surface area contributed by atoms with Crippen molar-refractivity contribution >= 4 is 35.1 Å². The maximum absolute atomic E-state index is 12.4. The molecule has 162 valence electrons. The summed E-state index contributed by atoms with van der Waals surface area (Å²) in [6, 6.07) is 9.69. The second kappa shape index (κ2) is 11.1. The molecule has 1 aromatic carbocycles. The first kappa shape index (κ1) is 22.2. The van der Waals surface area contributed by atoms with E-state index in [1.165, 1.54) is 32.1 Å². The molecule has 0 aromatic heterocycles. The van der Waals surface area contributed by atoms with Crippen molar-refractivity contribution in [1.82, 2.24) is 21.1 Å². The molecular weight excluding hydrogens is 400 g/mol. The average molecular weight is 431 g/mol. The smallest absolute Gasteiger partial charge is 0.243 e. The highest BCUT2D eigenvalue weighted by molar-refractivity contribution is 7.80. The summed E-state index contributed by atoms with van der Waals surface area (Å²) in [5, 5.41) is 2.68. The Hall–Kier alpha value is -2.48. The molecule has 1 heterocycles. The minimum atomic E-state index is -0.446. The third-order valence-electron chi connectivity index (χ3n) is 5.86. The summed E-state index contributed by atoms with van der Waals surface area (Å²) in [4.78, 5) is 38.3. The number of nitrogens with zero attached hydrogens (tertiary/aromatic N) is 1. The number of hydrogen-bond donors (Lipinski definition) is 3. The molecule has 2 aliphatic rings. The van der Waals surface area contributed by atoms with Crippen LogP contribution in [0.15, 0.2) is 30.3 Å². The van der Waals surface area contributed by atoms with Crippen LogP contribution in [0.25, 0.3) is 0 Å². The van der Waals surface area contributed by atoms with Gasteiger partial charge in [-0.3, -0.25) is 25.2 Å². The Morgan fingerprint density at radius 2 is 1.80 bits per heavy atom. The maximum Gasteiger partial charge on any atom is 0.243 e. The third-order valence-corrected chi connectivity index (χ3v) is 6.06. The van der Waals surface area contributed by atoms with Crippen molar-refractivity contribution < 1.29 is 14.4 Å². The lowest BCUT2D eigenvalue weighted by molar-refractivity contribution is -0.129. The zero-order valence-corrected chi connectivity index (χ0v) is 18.0. The van der Waals surface area contributed by atoms with Crippen LogP contribution < -0.4 is 16.2 Å². The molecule has 3 N–H and O–H groups in total. The van der Waals surface area contributed by atoms with E-state index in [1.807, 2.05) is 30.3 Å². The summed E-state index contributed by atoms with van der Waals surface area (Å²) in [5.74, 6) is -0.310. The highest BCUT2D eigenvalue weighted by atomic mass is 32.1. The van der Waals surface area contributed by atoms with Crippen LogP contribution in [0.4, 0.5) is 0 Å². The third kappa shape index (κ3) is 6.79. The Kier molecular flexibility index (Phi) is 8.19. The molecule has 3 amide bonds. The van der Waals surface area contributed by atoms with E-state index in [-0.39, 0.29) is 29.3 Å². The maximum atomic E-state index is 12.4. The van der Waals surface area contributed by atoms with E-state index in [2.05, 4.69) is 16.2 Å². The van der Waals surface area contributed by atoms with Crippen LogP contribution in [0.3, 0.4) is 0 Å². The molecule has 1 unspecified atom stereocenters. The lowest BCUT2D eigenvalue weighted by Gasteiger charge is -2.21. The number of benzene rings is 1. The van der Waals surface area contributed by atoms with Crippen LogP contribution in [0.2, 0.25) is 0 Å². The Morgan fingerprint density at radius 1 is 1.07 bits per heavy atom. The van der Waals surface area contributed by atoms with Gasteiger partial charge < -0.3 is 10.2 Å². The first-order chi connectivity index (χ1) is 14.5. The number of carbonyl (C=O) groups excluding carboxylic acids is 3. The summed E-state index contributed by atoms with van der Waals surface area (Å²) in [7, 11) is 0. The van der Waals surface area contributed by atoms with Gasteiger partial charge in [0, 0.05) is 25.9 Å². The zero-order valence-electron chi connectivity index (χ0n) is 17.2. The Labute approximate surface area is 182 Å². The van der Waals surface area contributed by atoms with E-state index in [0.29, 0.717) is 25.4 Å². The zero-order chi connectivity index (χ0) is 21.3. The van der Waals surface area contributed by atoms with Gasteiger partial charge in [0.2, 0.25) is 17.7 Å². The molecule has 1 aliphatic heterocycles. The predicted molar refractivity (Wildman–Crippen MR) is 118 cm³/mol. The summed E-state index contributed by atoms with van der Waals surface area (Å²) < 4.78 is 0. The summed E-state index contributed by atoms with van der Waals surface area (Å²) in [6.45, 7) is 0.855. The van der Waals surface area contributed by atoms with E-state index >= 15 is 0 Å². The molecule has 8 heteroatoms. The second-order valence-electron chi connectivity index (χ2n) is 8.20. The number of hydrazine groups is 1. The lowest BCUT2D eigenvalue weighted by atomic mass is 9.86. The van der Waals surface area contributed by atoms with Gasteiger partial charge in [-0.05, 0) is 30.1 Å². The van der Waals surface area contributed by atoms with Crippen molar-refractivity contribution in [3.63, 3.8) is 0 Å². The molecule has 1 atom stereocenters. The van der Waals surface area contributed by atoms with Gasteiger partial charge in [0.25, 0.3) is 0 Å². The van der Waals surface area contributed by atoms with E-state index in [1.54, 1.807) is 4.90 Å². The van der Waals surface area contributed by atoms with Crippen LogP contribution in [0.5, 0.6) is 0 Å². The van der Waals surface area contributed by atoms with Gasteiger partial charge in [-0.25, -0.2) is 0 Å². The number of rotatable bonds is 6. The topological polar surface area (TPSA) is 90.5 Å². The molecule has 1 saturated carbocycles. The van der Waals surface area contributed by atoms with Crippen molar-refractivity contribution in [2.45, 2.75) is 57.9 Å². The second-order valence-corrected chi connectivity index (χ2v) is 8.60. The van der Waals surface area contributed by atoms with Crippen molar-refractivity contribution in [2.75, 3.05) is 6.54 Å². The van der Waals surface area contributed by atoms with Crippen molar-refractivity contribution in [2.24, 2.45) is 11.8 Å². The fourth-order valence-corrected chi connectivity index (χ4v) is 4.32. The highest BCUT2D eigenvalue weighted by Gasteiger charge is 2.34. The predicted octanol–water partition coefficient (Wildman–Crippen LogP) is 2.42. The van der Waals surface area contributed by atoms with Crippen LogP contribution >= 0.6 is 12.2 Å². The Balaban J connectivity index is 1.34. The Bertz CT molecular complexity index is 765. The summed E-state index contributed by atoms with van der Waals surface area (Å²) in [6.07, 6.45) is 7.69. The molecule has 2 fully saturated rings. The van der Waals surface area contributed by atoms with Gasteiger partial charge in [-0.2, -0.15) is 0 Å². The molecule has 1 saturated heterocycles. The number of likely N-dealkylation sites (tertiary alicyclic amines) is 1. The van der Waals surface area contributed by atoms with Gasteiger partial charge in [0.05, 0.1) is 5.92 Å². The fraction of sp³-hybridized carbons (Fsp3) is 0.545. The van der Waals surface area contributed by atoms with Gasteiger partial charge in [-0.1, -0.05) is 62.4 Å². The molecule has 3 rings (SSSR count). The fourth-order valence-electron chi connectivity index (χ4n) is 4.16. The normalized spacial score (nSPS) is 19.4. The molecule has 7 nitrogen and oxygen atoms in total. The van der Waals surface area contributed by atoms with Gasteiger partial charge in [0.1, 0.15) is 0 Å². The van der Waals surface area contributed by atoms with Crippen molar-refractivity contribution in [3.05, 3.63) is 35.9 Å². The molecule has 0 spiro atoms. The van der Waals surface area contributed by atoms with Gasteiger partial charge in [-0.15, -0.1) is 0 Å². The van der Waals surface area contributed by atoms with E-state index in [0.717, 1.165) is 12.0 Å². The number of hydrogen-bond acceptors (Lipinski definition) is 4. The lowest BCUT2D eigenvalue weighted by Crippen LogP contribution is -2.50. The van der Waals surface area contributed by atoms with Crippen molar-refractivity contribution in [1.29, 1.82) is 0 Å². The number of amides is 3. The minimum Gasteiger partial charge on any atom is -0.338 e. The standard InChI is InChI=1S/C22H30N4O3S/c27-19(12-11-16-7-3-1-4-8-16)23-22(30)25-24-21(29)18-13-20(28)26(15-18)14-17-9-5-2-6-10-17/h2,5-6,9-10,16,18H,1,3-4,7-8,11-15H2,(H,24,29)(H2,23,25,27,30). The summed E-state index contributed by atoms with van der Waals surface area (Å²) in [5.41, 5.74) is 6.12. The first-order valence-corrected chi connectivity index (χ1v) is 11.1. The first-order valence-electron chi connectivity index (χ1n) is 10.7. The van der Waals surface area contributed by atoms with Crippen LogP contribution in [-0.4, -0.2) is 34.3 Å². The molecular formula is C22H30N4O3S. The van der Waals surface area contributed by atoms with Gasteiger partial charge in [0.15, 0.2) is 5.11 Å². The Morgan fingerprint density at radius 3 is 2.53 bits per heavy atom. The van der Waals surface area contributed by atoms with E-state index in [9.17, 15) is 14.4 Å².